The summed E-state index contributed by atoms with van der Waals surface area (Å²) in [5.41, 5.74) is 3.59. The van der Waals surface area contributed by atoms with Crippen LogP contribution >= 0.6 is 27.5 Å². The predicted molar refractivity (Wildman–Crippen MR) is 60.8 cm³/mol. The van der Waals surface area contributed by atoms with Crippen LogP contribution in [0.3, 0.4) is 0 Å². The summed E-state index contributed by atoms with van der Waals surface area (Å²) in [6.45, 7) is 0. The van der Waals surface area contributed by atoms with Gasteiger partial charge in [0.1, 0.15) is 0 Å². The number of halogens is 4. The van der Waals surface area contributed by atoms with E-state index < -0.39 is 18.2 Å². The SMILES string of the molecule is O=C(NNC(=O)C(F)F)c1ccc(Cl)cc1Br. The van der Waals surface area contributed by atoms with Gasteiger partial charge in [0, 0.05) is 9.50 Å². The summed E-state index contributed by atoms with van der Waals surface area (Å²) >= 11 is 8.74. The fraction of sp³-hybridized carbons (Fsp3) is 0.111. The number of amides is 2. The number of benzene rings is 1. The quantitative estimate of drug-likeness (QED) is 0.818. The van der Waals surface area contributed by atoms with Gasteiger partial charge in [-0.1, -0.05) is 11.6 Å². The van der Waals surface area contributed by atoms with Gasteiger partial charge in [0.2, 0.25) is 0 Å². The first-order chi connectivity index (χ1) is 7.91. The summed E-state index contributed by atoms with van der Waals surface area (Å²) in [5.74, 6) is -2.31. The molecular formula is C9H6BrClF2N2O2. The maximum atomic E-state index is 11.8. The van der Waals surface area contributed by atoms with Crippen LogP contribution in [0, 0.1) is 0 Å². The first-order valence-corrected chi connectivity index (χ1v) is 5.42. The van der Waals surface area contributed by atoms with Crippen molar-refractivity contribution >= 4 is 39.3 Å². The van der Waals surface area contributed by atoms with Gasteiger partial charge in [-0.15, -0.1) is 0 Å². The van der Waals surface area contributed by atoms with Gasteiger partial charge in [0.05, 0.1) is 5.56 Å². The van der Waals surface area contributed by atoms with Gasteiger partial charge in [-0.25, -0.2) is 0 Å². The number of rotatable bonds is 2. The molecule has 92 valence electrons. The van der Waals surface area contributed by atoms with E-state index in [1.807, 2.05) is 5.43 Å². The Balaban J connectivity index is 2.68. The highest BCUT2D eigenvalue weighted by molar-refractivity contribution is 9.10. The minimum Gasteiger partial charge on any atom is -0.267 e. The molecule has 0 aliphatic heterocycles. The van der Waals surface area contributed by atoms with Gasteiger partial charge >= 0.3 is 12.3 Å². The average molecular weight is 328 g/mol. The molecule has 4 nitrogen and oxygen atoms in total. The van der Waals surface area contributed by atoms with Gasteiger partial charge < -0.3 is 0 Å². The molecule has 0 bridgehead atoms. The van der Waals surface area contributed by atoms with Gasteiger partial charge in [0.15, 0.2) is 0 Å². The Morgan fingerprint density at radius 3 is 2.47 bits per heavy atom. The number of hydrazine groups is 1. The Labute approximate surface area is 108 Å². The Kier molecular flexibility index (Phi) is 4.83. The van der Waals surface area contributed by atoms with Crippen molar-refractivity contribution in [3.63, 3.8) is 0 Å². The fourth-order valence-electron chi connectivity index (χ4n) is 0.914. The first-order valence-electron chi connectivity index (χ1n) is 4.25. The normalized spacial score (nSPS) is 10.2. The lowest BCUT2D eigenvalue weighted by Crippen LogP contribution is -2.44. The molecule has 1 rings (SSSR count). The lowest BCUT2D eigenvalue weighted by atomic mass is 10.2. The smallest absolute Gasteiger partial charge is 0.267 e. The van der Waals surface area contributed by atoms with E-state index in [0.717, 1.165) is 0 Å². The number of hydrogen-bond donors (Lipinski definition) is 2. The second-order valence-electron chi connectivity index (χ2n) is 2.87. The molecule has 17 heavy (non-hydrogen) atoms. The maximum Gasteiger partial charge on any atom is 0.317 e. The van der Waals surface area contributed by atoms with Crippen molar-refractivity contribution in [2.24, 2.45) is 0 Å². The van der Waals surface area contributed by atoms with Crippen molar-refractivity contribution in [2.45, 2.75) is 6.43 Å². The highest BCUT2D eigenvalue weighted by Gasteiger charge is 2.16. The lowest BCUT2D eigenvalue weighted by molar-refractivity contribution is -0.132. The van der Waals surface area contributed by atoms with E-state index in [1.165, 1.54) is 18.2 Å². The molecule has 1 aromatic rings. The summed E-state index contributed by atoms with van der Waals surface area (Å²) < 4.78 is 24.0. The number of carbonyl (C=O) groups is 2. The van der Waals surface area contributed by atoms with Crippen LogP contribution in [0.2, 0.25) is 5.02 Å². The van der Waals surface area contributed by atoms with Crippen molar-refractivity contribution in [3.05, 3.63) is 33.3 Å². The number of nitrogens with one attached hydrogen (secondary N) is 2. The Morgan fingerprint density at radius 2 is 1.94 bits per heavy atom. The van der Waals surface area contributed by atoms with E-state index in [-0.39, 0.29) is 5.56 Å². The number of alkyl halides is 2. The minimum absolute atomic E-state index is 0.156. The molecule has 2 amide bonds. The van der Waals surface area contributed by atoms with Crippen LogP contribution in [0.15, 0.2) is 22.7 Å². The zero-order valence-corrected chi connectivity index (χ0v) is 10.5. The van der Waals surface area contributed by atoms with Gasteiger partial charge in [-0.05, 0) is 34.1 Å². The summed E-state index contributed by atoms with van der Waals surface area (Å²) in [7, 11) is 0. The van der Waals surface area contributed by atoms with E-state index in [9.17, 15) is 18.4 Å². The zero-order valence-electron chi connectivity index (χ0n) is 8.14. The number of hydrogen-bond acceptors (Lipinski definition) is 2. The van der Waals surface area contributed by atoms with Crippen LogP contribution in [0.25, 0.3) is 0 Å². The van der Waals surface area contributed by atoms with Crippen LogP contribution in [0.1, 0.15) is 10.4 Å². The van der Waals surface area contributed by atoms with Crippen molar-refractivity contribution in [1.29, 1.82) is 0 Å². The van der Waals surface area contributed by atoms with Crippen LogP contribution in [-0.2, 0) is 4.79 Å². The summed E-state index contributed by atoms with van der Waals surface area (Å²) in [6.07, 6.45) is -3.19. The second kappa shape index (κ2) is 5.92. The van der Waals surface area contributed by atoms with Crippen LogP contribution in [0.4, 0.5) is 8.78 Å². The van der Waals surface area contributed by atoms with Crippen LogP contribution in [0.5, 0.6) is 0 Å². The van der Waals surface area contributed by atoms with E-state index in [4.69, 9.17) is 11.6 Å². The van der Waals surface area contributed by atoms with E-state index in [1.54, 1.807) is 5.43 Å². The van der Waals surface area contributed by atoms with Crippen molar-refractivity contribution < 1.29 is 18.4 Å². The molecule has 0 saturated heterocycles. The van der Waals surface area contributed by atoms with E-state index in [0.29, 0.717) is 9.50 Å². The highest BCUT2D eigenvalue weighted by atomic mass is 79.9. The van der Waals surface area contributed by atoms with Gasteiger partial charge in [-0.3, -0.25) is 20.4 Å². The second-order valence-corrected chi connectivity index (χ2v) is 4.16. The topological polar surface area (TPSA) is 58.2 Å². The van der Waals surface area contributed by atoms with Crippen molar-refractivity contribution in [2.75, 3.05) is 0 Å². The van der Waals surface area contributed by atoms with Gasteiger partial charge in [-0.2, -0.15) is 8.78 Å². The third kappa shape index (κ3) is 3.94. The minimum atomic E-state index is -3.19. The molecule has 0 aromatic heterocycles. The molecule has 0 unspecified atom stereocenters. The fourth-order valence-corrected chi connectivity index (χ4v) is 1.78. The largest absolute Gasteiger partial charge is 0.317 e. The zero-order chi connectivity index (χ0) is 13.0. The summed E-state index contributed by atoms with van der Waals surface area (Å²) in [5, 5.41) is 0.407. The Hall–Kier alpha value is -1.21. The monoisotopic (exact) mass is 326 g/mol. The molecular weight excluding hydrogens is 321 g/mol. The third-order valence-electron chi connectivity index (χ3n) is 1.67. The average Bonchev–Trinajstić information content (AvgIpc) is 2.25. The molecule has 2 N–H and O–H groups in total. The molecule has 1 aromatic carbocycles. The summed E-state index contributed by atoms with van der Waals surface area (Å²) in [4.78, 5) is 22.0. The third-order valence-corrected chi connectivity index (χ3v) is 2.56. The lowest BCUT2D eigenvalue weighted by Gasteiger charge is -2.08. The standard InChI is InChI=1S/C9H6BrClF2N2O2/c10-6-3-4(11)1-2-5(6)8(16)14-15-9(17)7(12)13/h1-3,7H,(H,14,16)(H,15,17). The van der Waals surface area contributed by atoms with E-state index in [2.05, 4.69) is 15.9 Å². The van der Waals surface area contributed by atoms with Crippen LogP contribution in [-0.4, -0.2) is 18.2 Å². The van der Waals surface area contributed by atoms with E-state index >= 15 is 0 Å². The molecule has 0 aliphatic carbocycles. The molecule has 8 heteroatoms. The molecule has 0 heterocycles. The molecule has 0 aliphatic rings. The highest BCUT2D eigenvalue weighted by Crippen LogP contribution is 2.21. The van der Waals surface area contributed by atoms with Crippen molar-refractivity contribution in [1.82, 2.24) is 10.9 Å². The number of carbonyl (C=O) groups excluding carboxylic acids is 2. The van der Waals surface area contributed by atoms with Crippen molar-refractivity contribution in [3.8, 4) is 0 Å². The molecule has 0 spiro atoms. The first kappa shape index (κ1) is 13.9. The molecule has 0 saturated carbocycles. The molecule has 0 atom stereocenters. The van der Waals surface area contributed by atoms with Gasteiger partial charge in [0.25, 0.3) is 5.91 Å². The molecule has 0 fully saturated rings. The Bertz CT molecular complexity index is 457. The maximum absolute atomic E-state index is 11.8. The summed E-state index contributed by atoms with van der Waals surface area (Å²) in [6, 6.07) is 4.30. The Morgan fingerprint density at radius 1 is 1.29 bits per heavy atom. The van der Waals surface area contributed by atoms with Crippen LogP contribution < -0.4 is 10.9 Å². The predicted octanol–water partition coefficient (Wildman–Crippen LogP) is 2.13. The molecule has 0 radical (unpaired) electrons.